The number of thiazole rings is 1. The number of benzene rings is 1. The third kappa shape index (κ3) is 4.92. The number of furan rings is 1. The van der Waals surface area contributed by atoms with Gasteiger partial charge < -0.3 is 14.5 Å². The minimum absolute atomic E-state index is 0.261. The van der Waals surface area contributed by atoms with Crippen molar-refractivity contribution in [3.8, 4) is 0 Å². The highest BCUT2D eigenvalue weighted by Crippen LogP contribution is 2.22. The monoisotopic (exact) mass is 372 g/mol. The molecule has 0 aliphatic heterocycles. The predicted octanol–water partition coefficient (Wildman–Crippen LogP) is 3.63. The normalized spacial score (nSPS) is 12.0. The average Bonchev–Trinajstić information content (AvgIpc) is 3.29. The molecule has 0 saturated carbocycles. The Labute approximate surface area is 155 Å². The lowest BCUT2D eigenvalue weighted by Gasteiger charge is -2.11. The lowest BCUT2D eigenvalue weighted by molar-refractivity contribution is -0.148. The third-order valence-corrected chi connectivity index (χ3v) is 4.92. The highest BCUT2D eigenvalue weighted by Gasteiger charge is 2.13. The van der Waals surface area contributed by atoms with Crippen molar-refractivity contribution < 1.29 is 18.7 Å². The summed E-state index contributed by atoms with van der Waals surface area (Å²) in [5.41, 5.74) is 0.984. The molecule has 136 valence electrons. The first kappa shape index (κ1) is 18.1. The number of esters is 1. The Morgan fingerprint density at radius 3 is 2.88 bits per heavy atom. The molecule has 1 N–H and O–H groups in total. The number of nitrogens with one attached hydrogen (secondary N) is 1. The largest absolute Gasteiger partial charge is 0.467 e. The average molecular weight is 372 g/mol. The van der Waals surface area contributed by atoms with Gasteiger partial charge in [-0.05, 0) is 44.0 Å². The minimum atomic E-state index is -0.382. The third-order valence-electron chi connectivity index (χ3n) is 3.82. The molecule has 3 aromatic rings. The molecule has 0 bridgehead atoms. The van der Waals surface area contributed by atoms with Crippen molar-refractivity contribution in [3.63, 3.8) is 0 Å². The number of rotatable bonds is 8. The van der Waals surface area contributed by atoms with Crippen LogP contribution in [0.1, 0.15) is 36.6 Å². The molecular formula is C19H20N2O4S. The summed E-state index contributed by atoms with van der Waals surface area (Å²) in [6.07, 6.45) is 3.17. The lowest BCUT2D eigenvalue weighted by atomic mass is 10.2. The van der Waals surface area contributed by atoms with E-state index in [2.05, 4.69) is 10.3 Å². The van der Waals surface area contributed by atoms with Crippen LogP contribution in [0.5, 0.6) is 0 Å². The molecule has 2 aromatic heterocycles. The topological polar surface area (TPSA) is 81.4 Å². The Bertz CT molecular complexity index is 840. The van der Waals surface area contributed by atoms with Crippen LogP contribution < -0.4 is 5.32 Å². The molecule has 26 heavy (non-hydrogen) atoms. The number of carbonyl (C=O) groups is 2. The van der Waals surface area contributed by atoms with Gasteiger partial charge in [0.2, 0.25) is 0 Å². The number of para-hydroxylation sites is 1. The van der Waals surface area contributed by atoms with Gasteiger partial charge in [0.25, 0.3) is 5.91 Å². The van der Waals surface area contributed by atoms with Gasteiger partial charge in [0.05, 0.1) is 27.5 Å². The van der Waals surface area contributed by atoms with Crippen molar-refractivity contribution >= 4 is 33.4 Å². The van der Waals surface area contributed by atoms with Crippen LogP contribution in [0.3, 0.4) is 0 Å². The number of hydrogen-bond acceptors (Lipinski definition) is 6. The van der Waals surface area contributed by atoms with E-state index in [0.29, 0.717) is 12.2 Å². The molecule has 2 heterocycles. The highest BCUT2D eigenvalue weighted by atomic mass is 32.1. The molecule has 0 saturated heterocycles. The molecule has 0 aliphatic rings. The second-order valence-corrected chi connectivity index (χ2v) is 7.01. The van der Waals surface area contributed by atoms with Crippen molar-refractivity contribution in [2.24, 2.45) is 0 Å². The fourth-order valence-electron chi connectivity index (χ4n) is 2.52. The summed E-state index contributed by atoms with van der Waals surface area (Å²) < 4.78 is 11.4. The SMILES string of the molecule is C[C@H](NC(=O)COC(=O)CCCc1nc2ccccc2s1)c1ccco1. The van der Waals surface area contributed by atoms with Crippen molar-refractivity contribution in [2.45, 2.75) is 32.2 Å². The van der Waals surface area contributed by atoms with Gasteiger partial charge in [-0.1, -0.05) is 12.1 Å². The van der Waals surface area contributed by atoms with Crippen molar-refractivity contribution in [3.05, 3.63) is 53.4 Å². The molecule has 0 aliphatic carbocycles. The zero-order valence-corrected chi connectivity index (χ0v) is 15.3. The van der Waals surface area contributed by atoms with Crippen LogP contribution >= 0.6 is 11.3 Å². The van der Waals surface area contributed by atoms with Crippen molar-refractivity contribution in [1.29, 1.82) is 0 Å². The molecule has 3 rings (SSSR count). The van der Waals surface area contributed by atoms with Gasteiger partial charge in [-0.25, -0.2) is 4.98 Å². The molecular weight excluding hydrogens is 352 g/mol. The Balaban J connectivity index is 1.35. The summed E-state index contributed by atoms with van der Waals surface area (Å²) >= 11 is 1.64. The van der Waals surface area contributed by atoms with Crippen molar-refractivity contribution in [1.82, 2.24) is 10.3 Å². The van der Waals surface area contributed by atoms with Crippen LogP contribution in [0, 0.1) is 0 Å². The fourth-order valence-corrected chi connectivity index (χ4v) is 3.53. The highest BCUT2D eigenvalue weighted by molar-refractivity contribution is 7.18. The zero-order chi connectivity index (χ0) is 18.4. The second kappa shape index (κ2) is 8.62. The molecule has 6 nitrogen and oxygen atoms in total. The summed E-state index contributed by atoms with van der Waals surface area (Å²) in [7, 11) is 0. The summed E-state index contributed by atoms with van der Waals surface area (Å²) in [4.78, 5) is 28.1. The van der Waals surface area contributed by atoms with Crippen LogP contribution in [0.2, 0.25) is 0 Å². The van der Waals surface area contributed by atoms with E-state index < -0.39 is 0 Å². The molecule has 0 unspecified atom stereocenters. The fraction of sp³-hybridized carbons (Fsp3) is 0.316. The van der Waals surface area contributed by atoms with Gasteiger partial charge in [0, 0.05) is 6.42 Å². The van der Waals surface area contributed by atoms with Gasteiger partial charge in [-0.15, -0.1) is 11.3 Å². The van der Waals surface area contributed by atoms with E-state index in [1.165, 1.54) is 0 Å². The molecule has 0 spiro atoms. The first-order valence-electron chi connectivity index (χ1n) is 8.44. The summed E-state index contributed by atoms with van der Waals surface area (Å²) in [6, 6.07) is 11.2. The second-order valence-electron chi connectivity index (χ2n) is 5.89. The molecule has 0 radical (unpaired) electrons. The molecule has 1 atom stereocenters. The number of fused-ring (bicyclic) bond motifs is 1. The van der Waals surface area contributed by atoms with Gasteiger partial charge in [0.15, 0.2) is 6.61 Å². The Morgan fingerprint density at radius 2 is 2.12 bits per heavy atom. The van der Waals surface area contributed by atoms with E-state index in [1.54, 1.807) is 36.7 Å². The summed E-state index contributed by atoms with van der Waals surface area (Å²) in [5, 5.41) is 3.72. The molecule has 0 fully saturated rings. The van der Waals surface area contributed by atoms with E-state index >= 15 is 0 Å². The first-order valence-corrected chi connectivity index (χ1v) is 9.26. The summed E-state index contributed by atoms with van der Waals surface area (Å²) in [5.74, 6) is -0.0825. The number of nitrogens with zero attached hydrogens (tertiary/aromatic N) is 1. The zero-order valence-electron chi connectivity index (χ0n) is 14.4. The van der Waals surface area contributed by atoms with Crippen LogP contribution in [-0.2, 0) is 20.7 Å². The maximum absolute atomic E-state index is 11.8. The quantitative estimate of drug-likeness (QED) is 0.611. The van der Waals surface area contributed by atoms with Crippen LogP contribution in [0.4, 0.5) is 0 Å². The maximum atomic E-state index is 11.8. The van der Waals surface area contributed by atoms with Crippen LogP contribution in [-0.4, -0.2) is 23.5 Å². The van der Waals surface area contributed by atoms with Gasteiger partial charge in [-0.3, -0.25) is 9.59 Å². The van der Waals surface area contributed by atoms with Crippen LogP contribution in [0.15, 0.2) is 47.1 Å². The molecule has 1 aromatic carbocycles. The van der Waals surface area contributed by atoms with E-state index in [-0.39, 0.29) is 30.9 Å². The van der Waals surface area contributed by atoms with E-state index in [4.69, 9.17) is 9.15 Å². The van der Waals surface area contributed by atoms with E-state index in [0.717, 1.165) is 21.6 Å². The number of ether oxygens (including phenoxy) is 1. The summed E-state index contributed by atoms with van der Waals surface area (Å²) in [6.45, 7) is 1.52. The number of aryl methyl sites for hydroxylation is 1. The Hall–Kier alpha value is -2.67. The molecule has 1 amide bonds. The smallest absolute Gasteiger partial charge is 0.306 e. The van der Waals surface area contributed by atoms with Crippen molar-refractivity contribution in [2.75, 3.05) is 6.61 Å². The lowest BCUT2D eigenvalue weighted by Crippen LogP contribution is -2.30. The Morgan fingerprint density at radius 1 is 1.27 bits per heavy atom. The van der Waals surface area contributed by atoms with Gasteiger partial charge in [-0.2, -0.15) is 0 Å². The van der Waals surface area contributed by atoms with Crippen LogP contribution in [0.25, 0.3) is 10.2 Å². The number of carbonyl (C=O) groups excluding carboxylic acids is 2. The maximum Gasteiger partial charge on any atom is 0.306 e. The minimum Gasteiger partial charge on any atom is -0.467 e. The van der Waals surface area contributed by atoms with Gasteiger partial charge in [0.1, 0.15) is 5.76 Å². The number of hydrogen-bond donors (Lipinski definition) is 1. The van der Waals surface area contributed by atoms with E-state index in [1.807, 2.05) is 24.3 Å². The Kier molecular flexibility index (Phi) is 6.01. The number of amides is 1. The molecule has 7 heteroatoms. The standard InChI is InChI=1S/C19H20N2O4S/c1-13(15-7-5-11-24-15)20-17(22)12-25-19(23)10-4-9-18-21-14-6-2-3-8-16(14)26-18/h2-3,5-8,11,13H,4,9-10,12H2,1H3,(H,20,22)/t13-/m0/s1. The van der Waals surface area contributed by atoms with E-state index in [9.17, 15) is 9.59 Å². The first-order chi connectivity index (χ1) is 12.6. The number of aromatic nitrogens is 1. The van der Waals surface area contributed by atoms with Gasteiger partial charge >= 0.3 is 5.97 Å². The predicted molar refractivity (Wildman–Crippen MR) is 98.8 cm³/mol.